The number of piperidine rings is 1. The second-order valence-electron chi connectivity index (χ2n) is 10.5. The molecule has 6 aliphatic rings. The molecule has 25 heavy (non-hydrogen) atoms. The maximum atomic E-state index is 13.6. The Balaban J connectivity index is 1.27. The van der Waals surface area contributed by atoms with E-state index in [2.05, 4.69) is 11.8 Å². The fraction of sp³-hybridized carbons (Fsp3) is 0.955. The first kappa shape index (κ1) is 15.5. The molecule has 6 atom stereocenters. The Hall–Kier alpha value is -0.570. The van der Waals surface area contributed by atoms with Gasteiger partial charge in [0.05, 0.1) is 0 Å². The third-order valence-electron chi connectivity index (χ3n) is 10.0. The van der Waals surface area contributed by atoms with Crippen LogP contribution in [0, 0.1) is 29.1 Å². The van der Waals surface area contributed by atoms with Crippen molar-refractivity contribution in [1.82, 2.24) is 4.90 Å². The van der Waals surface area contributed by atoms with E-state index >= 15 is 0 Å². The van der Waals surface area contributed by atoms with E-state index in [9.17, 15) is 4.79 Å². The van der Waals surface area contributed by atoms with E-state index in [1.807, 2.05) is 0 Å². The summed E-state index contributed by atoms with van der Waals surface area (Å²) in [5.74, 6) is 3.47. The molecule has 0 amide bonds. The number of esters is 1. The highest BCUT2D eigenvalue weighted by Crippen LogP contribution is 2.84. The van der Waals surface area contributed by atoms with Gasteiger partial charge < -0.3 is 4.74 Å². The Morgan fingerprint density at radius 3 is 2.28 bits per heavy atom. The molecule has 0 radical (unpaired) electrons. The molecule has 138 valence electrons. The zero-order valence-corrected chi connectivity index (χ0v) is 15.8. The van der Waals surface area contributed by atoms with Gasteiger partial charge in [-0.15, -0.1) is 0 Å². The zero-order valence-electron chi connectivity index (χ0n) is 15.8. The lowest BCUT2D eigenvalue weighted by molar-refractivity contribution is -0.250. The summed E-state index contributed by atoms with van der Waals surface area (Å²) in [7, 11) is 0. The Kier molecular flexibility index (Phi) is 2.99. The molecule has 1 spiro atoms. The maximum Gasteiger partial charge on any atom is 0.327 e. The van der Waals surface area contributed by atoms with Crippen molar-refractivity contribution in [3.05, 3.63) is 0 Å². The van der Waals surface area contributed by atoms with Crippen LogP contribution in [0.5, 0.6) is 0 Å². The van der Waals surface area contributed by atoms with Crippen LogP contribution in [-0.2, 0) is 9.53 Å². The Bertz CT molecular complexity index is 605. The molecule has 1 heterocycles. The summed E-state index contributed by atoms with van der Waals surface area (Å²) in [5.41, 5.74) is 0.203. The number of nitrogens with zero attached hydrogens (tertiary/aromatic N) is 1. The molecule has 3 nitrogen and oxygen atoms in total. The smallest absolute Gasteiger partial charge is 0.327 e. The first-order chi connectivity index (χ1) is 12.1. The second kappa shape index (κ2) is 4.82. The monoisotopic (exact) mass is 343 g/mol. The summed E-state index contributed by atoms with van der Waals surface area (Å²) in [4.78, 5) is 16.1. The number of likely N-dealkylation sites (tertiary alicyclic amines) is 1. The predicted octanol–water partition coefficient (Wildman–Crippen LogP) is 4.15. The van der Waals surface area contributed by atoms with Gasteiger partial charge in [0.25, 0.3) is 0 Å². The third-order valence-corrected chi connectivity index (χ3v) is 10.0. The summed E-state index contributed by atoms with van der Waals surface area (Å²) >= 11 is 0. The van der Waals surface area contributed by atoms with Crippen molar-refractivity contribution in [3.8, 4) is 0 Å². The minimum atomic E-state index is -0.273. The molecule has 1 saturated heterocycles. The molecular formula is C22H33NO2. The van der Waals surface area contributed by atoms with E-state index in [4.69, 9.17) is 4.74 Å². The Morgan fingerprint density at radius 1 is 0.920 bits per heavy atom. The summed E-state index contributed by atoms with van der Waals surface area (Å²) in [6, 6.07) is 0. The number of rotatable bonds is 3. The molecule has 5 saturated carbocycles. The number of hydrogen-bond acceptors (Lipinski definition) is 3. The Morgan fingerprint density at radius 2 is 1.60 bits per heavy atom. The largest absolute Gasteiger partial charge is 0.457 e. The summed E-state index contributed by atoms with van der Waals surface area (Å²) in [6.07, 6.45) is 13.8. The molecule has 6 fully saturated rings. The van der Waals surface area contributed by atoms with Crippen LogP contribution in [0.3, 0.4) is 0 Å². The first-order valence-electron chi connectivity index (χ1n) is 11.1. The quantitative estimate of drug-likeness (QED) is 0.721. The van der Waals surface area contributed by atoms with Crippen LogP contribution < -0.4 is 0 Å². The summed E-state index contributed by atoms with van der Waals surface area (Å²) < 4.78 is 6.59. The maximum absolute atomic E-state index is 13.6. The van der Waals surface area contributed by atoms with Crippen molar-refractivity contribution in [2.45, 2.75) is 88.7 Å². The van der Waals surface area contributed by atoms with Crippen LogP contribution in [0.1, 0.15) is 77.6 Å². The van der Waals surface area contributed by atoms with Crippen molar-refractivity contribution < 1.29 is 9.53 Å². The average Bonchev–Trinajstić information content (AvgIpc) is 3.28. The fourth-order valence-electron chi connectivity index (χ4n) is 8.70. The highest BCUT2D eigenvalue weighted by molar-refractivity contribution is 5.82. The van der Waals surface area contributed by atoms with Gasteiger partial charge in [0, 0.05) is 5.92 Å². The standard InChI is InChI=1S/C22H33NO2/c1-20(17-12-15-11-16-13-18(20)22(15,16)14-17)25-19(24)21(7-3-4-8-21)23-9-5-2-6-10-23/h15-18H,2-14H2,1H3/t15?,16?,17?,18?,20?,22-/m0/s1. The topological polar surface area (TPSA) is 29.5 Å². The average molecular weight is 344 g/mol. The normalized spacial score (nSPS) is 52.4. The number of hydrogen-bond donors (Lipinski definition) is 0. The molecule has 0 aromatic heterocycles. The van der Waals surface area contributed by atoms with Crippen molar-refractivity contribution in [2.75, 3.05) is 13.1 Å². The summed E-state index contributed by atoms with van der Waals surface area (Å²) in [6.45, 7) is 4.53. The van der Waals surface area contributed by atoms with Gasteiger partial charge in [-0.2, -0.15) is 0 Å². The van der Waals surface area contributed by atoms with E-state index in [-0.39, 0.29) is 17.1 Å². The minimum Gasteiger partial charge on any atom is -0.457 e. The van der Waals surface area contributed by atoms with Gasteiger partial charge in [0.2, 0.25) is 0 Å². The molecule has 0 aromatic rings. The Labute approximate surface area is 151 Å². The molecule has 1 aliphatic heterocycles. The van der Waals surface area contributed by atoms with E-state index in [0.29, 0.717) is 17.3 Å². The van der Waals surface area contributed by atoms with Crippen LogP contribution in [0.15, 0.2) is 0 Å². The van der Waals surface area contributed by atoms with Gasteiger partial charge >= 0.3 is 5.97 Å². The molecule has 2 bridgehead atoms. The number of fused-ring (bicyclic) bond motifs is 1. The second-order valence-corrected chi connectivity index (χ2v) is 10.5. The number of carbonyl (C=O) groups excluding carboxylic acids is 1. The van der Waals surface area contributed by atoms with Crippen molar-refractivity contribution in [2.24, 2.45) is 29.1 Å². The van der Waals surface area contributed by atoms with Crippen molar-refractivity contribution >= 4 is 5.97 Å². The number of carbonyl (C=O) groups is 1. The molecule has 5 unspecified atom stereocenters. The minimum absolute atomic E-state index is 0.143. The van der Waals surface area contributed by atoms with Gasteiger partial charge in [-0.3, -0.25) is 9.69 Å². The molecule has 3 heteroatoms. The molecular weight excluding hydrogens is 310 g/mol. The van der Waals surface area contributed by atoms with Crippen LogP contribution in [0.25, 0.3) is 0 Å². The van der Waals surface area contributed by atoms with E-state index in [0.717, 1.165) is 37.8 Å². The molecule has 6 rings (SSSR count). The highest BCUT2D eigenvalue weighted by Gasteiger charge is 2.81. The van der Waals surface area contributed by atoms with Crippen LogP contribution in [0.4, 0.5) is 0 Å². The fourth-order valence-corrected chi connectivity index (χ4v) is 8.70. The van der Waals surface area contributed by atoms with Gasteiger partial charge in [-0.25, -0.2) is 0 Å². The van der Waals surface area contributed by atoms with Crippen LogP contribution >= 0.6 is 0 Å². The first-order valence-corrected chi connectivity index (χ1v) is 11.1. The lowest BCUT2D eigenvalue weighted by Crippen LogP contribution is -2.67. The van der Waals surface area contributed by atoms with Gasteiger partial charge in [-0.05, 0) is 94.5 Å². The zero-order chi connectivity index (χ0) is 16.9. The number of ether oxygens (including phenoxy) is 1. The van der Waals surface area contributed by atoms with Crippen LogP contribution in [0.2, 0.25) is 0 Å². The van der Waals surface area contributed by atoms with Gasteiger partial charge in [-0.1, -0.05) is 19.3 Å². The van der Waals surface area contributed by atoms with Crippen molar-refractivity contribution in [3.63, 3.8) is 0 Å². The van der Waals surface area contributed by atoms with E-state index in [1.54, 1.807) is 0 Å². The molecule has 0 N–H and O–H groups in total. The van der Waals surface area contributed by atoms with E-state index in [1.165, 1.54) is 57.8 Å². The van der Waals surface area contributed by atoms with E-state index < -0.39 is 0 Å². The SMILES string of the molecule is CC1(OC(=O)C2(N3CCCCC3)CCCC2)C2CC3CC4CC1[C@@]34C2. The summed E-state index contributed by atoms with van der Waals surface area (Å²) in [5, 5.41) is 0. The highest BCUT2D eigenvalue weighted by atomic mass is 16.6. The molecule has 5 aliphatic carbocycles. The molecule has 0 aromatic carbocycles. The predicted molar refractivity (Wildman–Crippen MR) is 96.0 cm³/mol. The lowest BCUT2D eigenvalue weighted by Gasteiger charge is -2.69. The van der Waals surface area contributed by atoms with Gasteiger partial charge in [0.1, 0.15) is 11.1 Å². The van der Waals surface area contributed by atoms with Crippen molar-refractivity contribution in [1.29, 1.82) is 0 Å². The third kappa shape index (κ3) is 1.66. The van der Waals surface area contributed by atoms with Crippen LogP contribution in [-0.4, -0.2) is 35.1 Å². The lowest BCUT2D eigenvalue weighted by atomic mass is 9.36. The van der Waals surface area contributed by atoms with Gasteiger partial charge in [0.15, 0.2) is 0 Å².